The van der Waals surface area contributed by atoms with Gasteiger partial charge in [-0.2, -0.15) is 15.5 Å². The summed E-state index contributed by atoms with van der Waals surface area (Å²) < 4.78 is 0. The van der Waals surface area contributed by atoms with Crippen molar-refractivity contribution in [3.63, 3.8) is 0 Å². The molecule has 28 heavy (non-hydrogen) atoms. The molecule has 1 fully saturated rings. The molecule has 1 amide bonds. The molecule has 142 valence electrons. The first-order valence-electron chi connectivity index (χ1n) is 8.93. The Morgan fingerprint density at radius 3 is 2.89 bits per heavy atom. The summed E-state index contributed by atoms with van der Waals surface area (Å²) in [4.78, 5) is 21.1. The van der Waals surface area contributed by atoms with Crippen LogP contribution in [0.4, 0.5) is 0 Å². The Morgan fingerprint density at radius 2 is 2.11 bits per heavy atom. The zero-order valence-electron chi connectivity index (χ0n) is 15.2. The molecule has 9 heteroatoms. The monoisotopic (exact) mass is 410 g/mol. The molecule has 0 radical (unpaired) electrons. The van der Waals surface area contributed by atoms with Crippen molar-refractivity contribution in [3.8, 4) is 11.1 Å². The first kappa shape index (κ1) is 18.7. The topological polar surface area (TPSA) is 87.7 Å². The molecule has 4 heterocycles. The van der Waals surface area contributed by atoms with Crippen LogP contribution in [0.5, 0.6) is 0 Å². The maximum atomic E-state index is 13.3. The van der Waals surface area contributed by atoms with Crippen molar-refractivity contribution in [1.82, 2.24) is 24.9 Å². The van der Waals surface area contributed by atoms with Gasteiger partial charge in [-0.3, -0.25) is 4.79 Å². The van der Waals surface area contributed by atoms with E-state index < -0.39 is 0 Å². The van der Waals surface area contributed by atoms with Crippen LogP contribution in [-0.4, -0.2) is 48.6 Å². The van der Waals surface area contributed by atoms with Crippen molar-refractivity contribution in [2.45, 2.75) is 36.1 Å². The van der Waals surface area contributed by atoms with Crippen molar-refractivity contribution < 1.29 is 4.79 Å². The number of amides is 1. The van der Waals surface area contributed by atoms with E-state index in [2.05, 4.69) is 28.2 Å². The fourth-order valence-electron chi connectivity index (χ4n) is 3.26. The summed E-state index contributed by atoms with van der Waals surface area (Å²) in [7, 11) is 0. The van der Waals surface area contributed by atoms with Gasteiger partial charge in [0.25, 0.3) is 5.91 Å². The fraction of sp³-hybridized carbons (Fsp3) is 0.316. The fourth-order valence-corrected chi connectivity index (χ4v) is 5.21. The van der Waals surface area contributed by atoms with E-state index in [1.165, 1.54) is 16.1 Å². The summed E-state index contributed by atoms with van der Waals surface area (Å²) >= 11 is 3.09. The van der Waals surface area contributed by atoms with Gasteiger partial charge in [-0.25, -0.2) is 4.98 Å². The summed E-state index contributed by atoms with van der Waals surface area (Å²) in [5.74, 6) is 0.00471. The lowest BCUT2D eigenvalue weighted by molar-refractivity contribution is 0.0642. The number of carbonyl (C=O) groups is 1. The Morgan fingerprint density at radius 1 is 1.29 bits per heavy atom. The predicted octanol–water partition coefficient (Wildman–Crippen LogP) is 3.38. The standard InChI is InChI=1S/C19H18N6OS2/c1-13-2-3-15(28-17-10-14(11-20)4-6-21-17)12-24(13)18(26)16-5-9-27-19(16)25-22-7-8-23-25/h4-10,13,15H,2-3,12H2,1H3/t13-,15-/m1/s1. The molecule has 0 unspecified atom stereocenters. The van der Waals surface area contributed by atoms with Gasteiger partial charge in [0.2, 0.25) is 0 Å². The number of thiophene rings is 1. The summed E-state index contributed by atoms with van der Waals surface area (Å²) in [6.45, 7) is 2.73. The smallest absolute Gasteiger partial charge is 0.257 e. The van der Waals surface area contributed by atoms with E-state index in [4.69, 9.17) is 5.26 Å². The highest BCUT2D eigenvalue weighted by molar-refractivity contribution is 7.99. The van der Waals surface area contributed by atoms with Crippen molar-refractivity contribution in [2.24, 2.45) is 0 Å². The molecule has 3 aromatic rings. The van der Waals surface area contributed by atoms with Crippen LogP contribution >= 0.6 is 23.1 Å². The third-order valence-electron chi connectivity index (χ3n) is 4.73. The average Bonchev–Trinajstić information content (AvgIpc) is 3.40. The second kappa shape index (κ2) is 8.12. The normalized spacial score (nSPS) is 19.4. The Kier molecular flexibility index (Phi) is 5.41. The molecular weight excluding hydrogens is 392 g/mol. The number of hydrogen-bond acceptors (Lipinski definition) is 7. The molecule has 1 saturated heterocycles. The van der Waals surface area contributed by atoms with Crippen LogP contribution in [0.1, 0.15) is 35.7 Å². The number of rotatable bonds is 4. The van der Waals surface area contributed by atoms with Gasteiger partial charge >= 0.3 is 0 Å². The van der Waals surface area contributed by atoms with E-state index >= 15 is 0 Å². The van der Waals surface area contributed by atoms with Gasteiger partial charge < -0.3 is 4.90 Å². The number of piperidine rings is 1. The molecule has 0 aliphatic carbocycles. The first-order chi connectivity index (χ1) is 13.7. The van der Waals surface area contributed by atoms with E-state index in [9.17, 15) is 4.79 Å². The van der Waals surface area contributed by atoms with E-state index in [-0.39, 0.29) is 17.2 Å². The second-order valence-corrected chi connectivity index (χ2v) is 8.79. The van der Waals surface area contributed by atoms with Crippen LogP contribution in [0, 0.1) is 11.3 Å². The van der Waals surface area contributed by atoms with Gasteiger partial charge in [0.1, 0.15) is 0 Å². The maximum absolute atomic E-state index is 13.3. The number of likely N-dealkylation sites (tertiary alicyclic amines) is 1. The van der Waals surface area contributed by atoms with Crippen molar-refractivity contribution in [1.29, 1.82) is 5.26 Å². The minimum Gasteiger partial charge on any atom is -0.335 e. The lowest BCUT2D eigenvalue weighted by Gasteiger charge is -2.37. The van der Waals surface area contributed by atoms with E-state index in [0.29, 0.717) is 17.7 Å². The Balaban J connectivity index is 1.52. The molecule has 0 spiro atoms. The van der Waals surface area contributed by atoms with Gasteiger partial charge in [-0.05, 0) is 43.3 Å². The Bertz CT molecular complexity index is 1010. The number of carbonyl (C=O) groups excluding carboxylic acids is 1. The number of pyridine rings is 1. The Labute approximate surface area is 171 Å². The lowest BCUT2D eigenvalue weighted by Crippen LogP contribution is -2.46. The minimum atomic E-state index is 0.00471. The minimum absolute atomic E-state index is 0.00471. The Hall–Kier alpha value is -2.70. The highest BCUT2D eigenvalue weighted by Gasteiger charge is 2.32. The zero-order valence-corrected chi connectivity index (χ0v) is 16.9. The third kappa shape index (κ3) is 3.79. The van der Waals surface area contributed by atoms with E-state index in [1.807, 2.05) is 16.3 Å². The number of thioether (sulfide) groups is 1. The van der Waals surface area contributed by atoms with Crippen LogP contribution < -0.4 is 0 Å². The molecule has 1 aliphatic heterocycles. The summed E-state index contributed by atoms with van der Waals surface area (Å²) in [5.41, 5.74) is 1.23. The highest BCUT2D eigenvalue weighted by Crippen LogP contribution is 2.32. The molecule has 7 nitrogen and oxygen atoms in total. The van der Waals surface area contributed by atoms with Gasteiger partial charge in [0, 0.05) is 24.0 Å². The number of hydrogen-bond donors (Lipinski definition) is 0. The van der Waals surface area contributed by atoms with Crippen LogP contribution in [0.15, 0.2) is 47.2 Å². The molecule has 2 atom stereocenters. The van der Waals surface area contributed by atoms with Crippen molar-refractivity contribution in [2.75, 3.05) is 6.54 Å². The first-order valence-corrected chi connectivity index (χ1v) is 10.7. The second-order valence-electron chi connectivity index (χ2n) is 6.58. The summed E-state index contributed by atoms with van der Waals surface area (Å²) in [6, 6.07) is 7.65. The third-order valence-corrected chi connectivity index (χ3v) is 6.79. The number of nitriles is 1. The largest absolute Gasteiger partial charge is 0.335 e. The molecular formula is C19H18N6OS2. The summed E-state index contributed by atoms with van der Waals surface area (Å²) in [6.07, 6.45) is 6.80. The molecule has 3 aromatic heterocycles. The van der Waals surface area contributed by atoms with E-state index in [0.717, 1.165) is 22.9 Å². The van der Waals surface area contributed by atoms with Crippen LogP contribution in [0.25, 0.3) is 5.00 Å². The quantitative estimate of drug-likeness (QED) is 0.655. The predicted molar refractivity (Wildman–Crippen MR) is 108 cm³/mol. The number of nitrogens with zero attached hydrogens (tertiary/aromatic N) is 6. The zero-order chi connectivity index (χ0) is 19.5. The van der Waals surface area contributed by atoms with Crippen LogP contribution in [0.3, 0.4) is 0 Å². The SMILES string of the molecule is C[C@@H]1CC[C@@H](Sc2cc(C#N)ccn2)CN1C(=O)c1ccsc1-n1nccn1. The lowest BCUT2D eigenvalue weighted by atomic mass is 10.0. The molecule has 4 rings (SSSR count). The van der Waals surface area contributed by atoms with Crippen LogP contribution in [0.2, 0.25) is 0 Å². The van der Waals surface area contributed by atoms with Gasteiger partial charge in [0.15, 0.2) is 5.00 Å². The molecule has 1 aliphatic rings. The number of aromatic nitrogens is 4. The van der Waals surface area contributed by atoms with Gasteiger partial charge in [-0.15, -0.1) is 27.9 Å². The molecule has 0 saturated carbocycles. The van der Waals surface area contributed by atoms with Crippen molar-refractivity contribution >= 4 is 29.0 Å². The highest BCUT2D eigenvalue weighted by atomic mass is 32.2. The maximum Gasteiger partial charge on any atom is 0.257 e. The van der Waals surface area contributed by atoms with Crippen molar-refractivity contribution in [3.05, 3.63) is 53.3 Å². The molecule has 0 N–H and O–H groups in total. The molecule has 0 bridgehead atoms. The van der Waals surface area contributed by atoms with Gasteiger partial charge in [0.05, 0.1) is 34.6 Å². The average molecular weight is 411 g/mol. The van der Waals surface area contributed by atoms with Gasteiger partial charge in [-0.1, -0.05) is 0 Å². The molecule has 0 aromatic carbocycles. The van der Waals surface area contributed by atoms with Crippen LogP contribution in [-0.2, 0) is 0 Å². The van der Waals surface area contributed by atoms with E-state index in [1.54, 1.807) is 42.5 Å². The summed E-state index contributed by atoms with van der Waals surface area (Å²) in [5, 5.41) is 21.1.